The average molecular weight is 268 g/mol. The summed E-state index contributed by atoms with van der Waals surface area (Å²) in [5, 5.41) is -0.589. The number of hydrogen-bond donors (Lipinski definition) is 0. The van der Waals surface area contributed by atoms with E-state index < -0.39 is 5.38 Å². The molecule has 1 saturated heterocycles. The quantitative estimate of drug-likeness (QED) is 0.787. The molecule has 1 atom stereocenters. The Morgan fingerprint density at radius 2 is 1.94 bits per heavy atom. The fraction of sp³-hybridized carbons (Fsp3) is 0.500. The van der Waals surface area contributed by atoms with E-state index in [0.717, 1.165) is 12.0 Å². The minimum atomic E-state index is -0.589. The van der Waals surface area contributed by atoms with Gasteiger partial charge in [-0.05, 0) is 17.5 Å². The molecular weight excluding hydrogens is 250 g/mol. The van der Waals surface area contributed by atoms with Crippen molar-refractivity contribution in [2.75, 3.05) is 26.3 Å². The Labute approximate surface area is 113 Å². The zero-order valence-electron chi connectivity index (χ0n) is 10.6. The van der Waals surface area contributed by atoms with Gasteiger partial charge in [-0.1, -0.05) is 31.2 Å². The maximum atomic E-state index is 12.2. The summed E-state index contributed by atoms with van der Waals surface area (Å²) >= 11 is 6.25. The first kappa shape index (κ1) is 13.4. The molecule has 1 aliphatic heterocycles. The van der Waals surface area contributed by atoms with Crippen LogP contribution in [0.4, 0.5) is 0 Å². The Balaban J connectivity index is 2.04. The second kappa shape index (κ2) is 6.21. The summed E-state index contributed by atoms with van der Waals surface area (Å²) in [6.07, 6.45) is 0.991. The summed E-state index contributed by atoms with van der Waals surface area (Å²) in [6, 6.07) is 7.93. The van der Waals surface area contributed by atoms with Crippen LogP contribution in [0.25, 0.3) is 0 Å². The number of benzene rings is 1. The number of carbonyl (C=O) groups excluding carboxylic acids is 1. The third-order valence-corrected chi connectivity index (χ3v) is 3.66. The molecule has 1 fully saturated rings. The lowest BCUT2D eigenvalue weighted by Crippen LogP contribution is -2.42. The highest BCUT2D eigenvalue weighted by Crippen LogP contribution is 2.24. The van der Waals surface area contributed by atoms with Crippen molar-refractivity contribution in [2.45, 2.75) is 18.7 Å². The van der Waals surface area contributed by atoms with E-state index in [9.17, 15) is 4.79 Å². The van der Waals surface area contributed by atoms with Crippen LogP contribution in [-0.4, -0.2) is 37.1 Å². The maximum absolute atomic E-state index is 12.2. The molecule has 98 valence electrons. The Morgan fingerprint density at radius 1 is 1.33 bits per heavy atom. The standard InChI is InChI=1S/C14H18ClNO2/c1-2-11-3-5-12(6-4-11)13(15)14(17)16-7-9-18-10-8-16/h3-6,13H,2,7-10H2,1H3. The predicted molar refractivity (Wildman–Crippen MR) is 71.8 cm³/mol. The summed E-state index contributed by atoms with van der Waals surface area (Å²) in [4.78, 5) is 14.0. The Bertz CT molecular complexity index is 399. The van der Waals surface area contributed by atoms with Gasteiger partial charge in [0.1, 0.15) is 5.38 Å². The van der Waals surface area contributed by atoms with Crippen LogP contribution < -0.4 is 0 Å². The summed E-state index contributed by atoms with van der Waals surface area (Å²) in [5.41, 5.74) is 2.12. The van der Waals surface area contributed by atoms with E-state index in [1.807, 2.05) is 24.3 Å². The topological polar surface area (TPSA) is 29.5 Å². The molecule has 3 nitrogen and oxygen atoms in total. The lowest BCUT2D eigenvalue weighted by molar-refractivity contribution is -0.134. The molecule has 0 aliphatic carbocycles. The SMILES string of the molecule is CCc1ccc(C(Cl)C(=O)N2CCOCC2)cc1. The van der Waals surface area contributed by atoms with E-state index in [1.165, 1.54) is 5.56 Å². The number of morpholine rings is 1. The van der Waals surface area contributed by atoms with E-state index in [-0.39, 0.29) is 5.91 Å². The average Bonchev–Trinajstić information content (AvgIpc) is 2.47. The highest BCUT2D eigenvalue weighted by Gasteiger charge is 2.25. The lowest BCUT2D eigenvalue weighted by atomic mass is 10.1. The fourth-order valence-electron chi connectivity index (χ4n) is 2.01. The molecule has 0 radical (unpaired) electrons. The summed E-state index contributed by atoms with van der Waals surface area (Å²) in [6.45, 7) is 4.57. The van der Waals surface area contributed by atoms with Gasteiger partial charge in [-0.2, -0.15) is 0 Å². The smallest absolute Gasteiger partial charge is 0.245 e. The summed E-state index contributed by atoms with van der Waals surface area (Å²) < 4.78 is 5.23. The molecule has 0 aromatic heterocycles. The number of nitrogens with zero attached hydrogens (tertiary/aromatic N) is 1. The van der Waals surface area contributed by atoms with Crippen LogP contribution in [-0.2, 0) is 16.0 Å². The van der Waals surface area contributed by atoms with Crippen molar-refractivity contribution in [3.05, 3.63) is 35.4 Å². The van der Waals surface area contributed by atoms with Gasteiger partial charge in [0.25, 0.3) is 0 Å². The van der Waals surface area contributed by atoms with E-state index in [0.29, 0.717) is 26.3 Å². The number of amides is 1. The number of halogens is 1. The van der Waals surface area contributed by atoms with E-state index in [2.05, 4.69) is 6.92 Å². The largest absolute Gasteiger partial charge is 0.378 e. The van der Waals surface area contributed by atoms with Crippen molar-refractivity contribution in [2.24, 2.45) is 0 Å². The van der Waals surface area contributed by atoms with Gasteiger partial charge >= 0.3 is 0 Å². The molecule has 4 heteroatoms. The van der Waals surface area contributed by atoms with Crippen LogP contribution in [0, 0.1) is 0 Å². The molecule has 0 spiro atoms. The molecule has 1 amide bonds. The van der Waals surface area contributed by atoms with Gasteiger partial charge in [0.2, 0.25) is 5.91 Å². The summed E-state index contributed by atoms with van der Waals surface area (Å²) in [7, 11) is 0. The first-order valence-electron chi connectivity index (χ1n) is 6.32. The Morgan fingerprint density at radius 3 is 2.50 bits per heavy atom. The van der Waals surface area contributed by atoms with Crippen molar-refractivity contribution in [3.63, 3.8) is 0 Å². The van der Waals surface area contributed by atoms with E-state index >= 15 is 0 Å². The zero-order valence-corrected chi connectivity index (χ0v) is 11.3. The normalized spacial score (nSPS) is 17.6. The molecule has 1 unspecified atom stereocenters. The Hall–Kier alpha value is -1.06. The van der Waals surface area contributed by atoms with E-state index in [4.69, 9.17) is 16.3 Å². The maximum Gasteiger partial charge on any atom is 0.245 e. The zero-order chi connectivity index (χ0) is 13.0. The first-order valence-corrected chi connectivity index (χ1v) is 6.75. The monoisotopic (exact) mass is 267 g/mol. The first-order chi connectivity index (χ1) is 8.72. The molecule has 18 heavy (non-hydrogen) atoms. The number of rotatable bonds is 3. The second-order valence-corrected chi connectivity index (χ2v) is 4.83. The second-order valence-electron chi connectivity index (χ2n) is 4.40. The highest BCUT2D eigenvalue weighted by atomic mass is 35.5. The lowest BCUT2D eigenvalue weighted by Gasteiger charge is -2.28. The van der Waals surface area contributed by atoms with E-state index in [1.54, 1.807) is 4.90 Å². The van der Waals surface area contributed by atoms with Crippen molar-refractivity contribution >= 4 is 17.5 Å². The number of aryl methyl sites for hydroxylation is 1. The van der Waals surface area contributed by atoms with Crippen LogP contribution in [0.5, 0.6) is 0 Å². The molecule has 1 aromatic rings. The minimum absolute atomic E-state index is 0.0239. The number of hydrogen-bond acceptors (Lipinski definition) is 2. The van der Waals surface area contributed by atoms with Gasteiger partial charge in [-0.15, -0.1) is 11.6 Å². The molecule has 1 heterocycles. The number of ether oxygens (including phenoxy) is 1. The molecule has 1 aliphatic rings. The summed E-state index contributed by atoms with van der Waals surface area (Å²) in [5.74, 6) is -0.0239. The number of carbonyl (C=O) groups is 1. The van der Waals surface area contributed by atoms with Crippen LogP contribution >= 0.6 is 11.6 Å². The Kier molecular flexibility index (Phi) is 4.61. The number of alkyl halides is 1. The third kappa shape index (κ3) is 3.03. The van der Waals surface area contributed by atoms with Crippen molar-refractivity contribution in [3.8, 4) is 0 Å². The highest BCUT2D eigenvalue weighted by molar-refractivity contribution is 6.30. The molecule has 0 N–H and O–H groups in total. The van der Waals surface area contributed by atoms with Crippen LogP contribution in [0.1, 0.15) is 23.4 Å². The van der Waals surface area contributed by atoms with Crippen LogP contribution in [0.2, 0.25) is 0 Å². The van der Waals surface area contributed by atoms with Crippen molar-refractivity contribution in [1.82, 2.24) is 4.90 Å². The molecule has 0 bridgehead atoms. The van der Waals surface area contributed by atoms with Gasteiger partial charge in [0.05, 0.1) is 13.2 Å². The molecule has 2 rings (SSSR count). The van der Waals surface area contributed by atoms with Crippen LogP contribution in [0.3, 0.4) is 0 Å². The van der Waals surface area contributed by atoms with Gasteiger partial charge in [-0.3, -0.25) is 4.79 Å². The van der Waals surface area contributed by atoms with Crippen LogP contribution in [0.15, 0.2) is 24.3 Å². The molecule has 0 saturated carbocycles. The van der Waals surface area contributed by atoms with Crippen molar-refractivity contribution in [1.29, 1.82) is 0 Å². The van der Waals surface area contributed by atoms with Crippen molar-refractivity contribution < 1.29 is 9.53 Å². The molecule has 1 aromatic carbocycles. The third-order valence-electron chi connectivity index (χ3n) is 3.22. The fourth-order valence-corrected chi connectivity index (χ4v) is 2.29. The van der Waals surface area contributed by atoms with Gasteiger partial charge < -0.3 is 9.64 Å². The van der Waals surface area contributed by atoms with Gasteiger partial charge in [-0.25, -0.2) is 0 Å². The minimum Gasteiger partial charge on any atom is -0.378 e. The van der Waals surface area contributed by atoms with Gasteiger partial charge in [0, 0.05) is 13.1 Å². The predicted octanol–water partition coefficient (Wildman–Crippen LogP) is 2.39. The molecular formula is C14H18ClNO2. The van der Waals surface area contributed by atoms with Gasteiger partial charge in [0.15, 0.2) is 0 Å².